The maximum atomic E-state index is 13.1. The zero-order valence-corrected chi connectivity index (χ0v) is 12.4. The summed E-state index contributed by atoms with van der Waals surface area (Å²) < 4.78 is 39.2. The van der Waals surface area contributed by atoms with Gasteiger partial charge in [0.05, 0.1) is 5.92 Å². The van der Waals surface area contributed by atoms with Gasteiger partial charge in [-0.3, -0.25) is 0 Å². The smallest absolute Gasteiger partial charge is 0.311 e. The van der Waals surface area contributed by atoms with Gasteiger partial charge in [0.25, 0.3) is 0 Å². The molecular formula is C15H27F3N2. The van der Waals surface area contributed by atoms with Crippen molar-refractivity contribution in [2.24, 2.45) is 5.92 Å². The van der Waals surface area contributed by atoms with Crippen LogP contribution in [0.5, 0.6) is 0 Å². The average molecular weight is 292 g/mol. The minimum Gasteiger partial charge on any atom is -0.311 e. The van der Waals surface area contributed by atoms with Crippen LogP contribution in [0.2, 0.25) is 0 Å². The second kappa shape index (κ2) is 7.12. The Kier molecular flexibility index (Phi) is 5.73. The summed E-state index contributed by atoms with van der Waals surface area (Å²) in [6.07, 6.45) is 1.71. The van der Waals surface area contributed by atoms with Crippen LogP contribution in [0.4, 0.5) is 13.2 Å². The van der Waals surface area contributed by atoms with Crippen LogP contribution < -0.4 is 5.32 Å². The van der Waals surface area contributed by atoms with E-state index in [9.17, 15) is 13.2 Å². The van der Waals surface area contributed by atoms with Crippen molar-refractivity contribution in [2.45, 2.75) is 70.1 Å². The van der Waals surface area contributed by atoms with E-state index in [0.717, 1.165) is 51.7 Å². The molecule has 1 heterocycles. The Morgan fingerprint density at radius 2 is 1.70 bits per heavy atom. The Morgan fingerprint density at radius 1 is 1.05 bits per heavy atom. The lowest BCUT2D eigenvalue weighted by Gasteiger charge is -2.39. The van der Waals surface area contributed by atoms with Gasteiger partial charge >= 0.3 is 6.18 Å². The van der Waals surface area contributed by atoms with Crippen LogP contribution >= 0.6 is 0 Å². The van der Waals surface area contributed by atoms with Crippen molar-refractivity contribution in [1.29, 1.82) is 0 Å². The lowest BCUT2D eigenvalue weighted by Crippen LogP contribution is -2.52. The minimum absolute atomic E-state index is 0.274. The summed E-state index contributed by atoms with van der Waals surface area (Å²) in [6.45, 7) is 5.32. The highest BCUT2D eigenvalue weighted by Crippen LogP contribution is 2.38. The first kappa shape index (κ1) is 16.1. The molecule has 2 unspecified atom stereocenters. The maximum Gasteiger partial charge on any atom is 0.393 e. The molecular weight excluding hydrogens is 265 g/mol. The fourth-order valence-corrected chi connectivity index (χ4v) is 3.66. The lowest BCUT2D eigenvalue weighted by atomic mass is 9.83. The molecule has 2 fully saturated rings. The average Bonchev–Trinajstić information content (AvgIpc) is 2.41. The van der Waals surface area contributed by atoms with E-state index in [2.05, 4.69) is 17.1 Å². The summed E-state index contributed by atoms with van der Waals surface area (Å²) in [7, 11) is 0. The number of piperidine rings is 1. The Morgan fingerprint density at radius 3 is 2.30 bits per heavy atom. The van der Waals surface area contributed by atoms with Crippen LogP contribution in [-0.4, -0.2) is 42.8 Å². The lowest BCUT2D eigenvalue weighted by molar-refractivity contribution is -0.189. The summed E-state index contributed by atoms with van der Waals surface area (Å²) in [4.78, 5) is 2.42. The molecule has 2 rings (SSSR count). The van der Waals surface area contributed by atoms with E-state index in [4.69, 9.17) is 0 Å². The molecule has 2 aliphatic rings. The van der Waals surface area contributed by atoms with Crippen molar-refractivity contribution in [1.82, 2.24) is 10.2 Å². The SMILES string of the molecule is CCCN1CCC(NC2CCCCC2C(F)(F)F)CC1. The normalized spacial score (nSPS) is 30.6. The highest BCUT2D eigenvalue weighted by atomic mass is 19.4. The number of hydrogen-bond acceptors (Lipinski definition) is 2. The van der Waals surface area contributed by atoms with Gasteiger partial charge in [-0.05, 0) is 51.7 Å². The van der Waals surface area contributed by atoms with Crippen LogP contribution in [0.15, 0.2) is 0 Å². The molecule has 5 heteroatoms. The van der Waals surface area contributed by atoms with Gasteiger partial charge < -0.3 is 10.2 Å². The fourth-order valence-electron chi connectivity index (χ4n) is 3.66. The van der Waals surface area contributed by atoms with Gasteiger partial charge in [-0.1, -0.05) is 19.8 Å². The number of nitrogens with one attached hydrogen (secondary N) is 1. The first-order valence-electron chi connectivity index (χ1n) is 8.06. The molecule has 0 bridgehead atoms. The number of likely N-dealkylation sites (tertiary alicyclic amines) is 1. The first-order valence-corrected chi connectivity index (χ1v) is 8.06. The van der Waals surface area contributed by atoms with Crippen molar-refractivity contribution < 1.29 is 13.2 Å². The van der Waals surface area contributed by atoms with Crippen LogP contribution in [0.25, 0.3) is 0 Å². The molecule has 0 radical (unpaired) electrons. The van der Waals surface area contributed by atoms with Crippen molar-refractivity contribution in [3.63, 3.8) is 0 Å². The first-order chi connectivity index (χ1) is 9.50. The second-order valence-corrected chi connectivity index (χ2v) is 6.32. The predicted molar refractivity (Wildman–Crippen MR) is 74.7 cm³/mol. The van der Waals surface area contributed by atoms with Gasteiger partial charge in [-0.15, -0.1) is 0 Å². The standard InChI is InChI=1S/C15H27F3N2/c1-2-9-20-10-7-12(8-11-20)19-14-6-4-3-5-13(14)15(16,17)18/h12-14,19H,2-11H2,1H3. The second-order valence-electron chi connectivity index (χ2n) is 6.32. The van der Waals surface area contributed by atoms with E-state index in [1.807, 2.05) is 0 Å². The van der Waals surface area contributed by atoms with Crippen molar-refractivity contribution >= 4 is 0 Å². The topological polar surface area (TPSA) is 15.3 Å². The molecule has 0 amide bonds. The fraction of sp³-hybridized carbons (Fsp3) is 1.00. The molecule has 118 valence electrons. The number of alkyl halides is 3. The largest absolute Gasteiger partial charge is 0.393 e. The van der Waals surface area contributed by atoms with E-state index in [1.54, 1.807) is 0 Å². The highest BCUT2D eigenvalue weighted by molar-refractivity contribution is 4.89. The minimum atomic E-state index is -4.04. The quantitative estimate of drug-likeness (QED) is 0.852. The molecule has 1 aliphatic heterocycles. The van der Waals surface area contributed by atoms with Gasteiger partial charge in [0.2, 0.25) is 0 Å². The predicted octanol–water partition coefficient (Wildman–Crippen LogP) is 3.57. The van der Waals surface area contributed by atoms with Crippen LogP contribution in [0.3, 0.4) is 0 Å². The molecule has 0 spiro atoms. The maximum absolute atomic E-state index is 13.1. The Balaban J connectivity index is 1.83. The summed E-state index contributed by atoms with van der Waals surface area (Å²) in [6, 6.07) is -0.0810. The number of nitrogens with zero attached hydrogens (tertiary/aromatic N) is 1. The Labute approximate surface area is 120 Å². The Bertz CT molecular complexity index is 285. The van der Waals surface area contributed by atoms with Gasteiger partial charge in [-0.2, -0.15) is 13.2 Å². The zero-order valence-electron chi connectivity index (χ0n) is 12.4. The summed E-state index contributed by atoms with van der Waals surface area (Å²) >= 11 is 0. The van der Waals surface area contributed by atoms with E-state index in [0.29, 0.717) is 12.8 Å². The summed E-state index contributed by atoms with van der Waals surface area (Å²) in [5.74, 6) is -1.13. The molecule has 2 nitrogen and oxygen atoms in total. The van der Waals surface area contributed by atoms with Gasteiger partial charge in [0.15, 0.2) is 0 Å². The summed E-state index contributed by atoms with van der Waals surface area (Å²) in [5.41, 5.74) is 0. The van der Waals surface area contributed by atoms with Gasteiger partial charge in [0, 0.05) is 12.1 Å². The molecule has 0 aromatic rings. The van der Waals surface area contributed by atoms with Crippen LogP contribution in [-0.2, 0) is 0 Å². The van der Waals surface area contributed by atoms with Crippen molar-refractivity contribution in [2.75, 3.05) is 19.6 Å². The van der Waals surface area contributed by atoms with E-state index >= 15 is 0 Å². The van der Waals surface area contributed by atoms with Gasteiger partial charge in [-0.25, -0.2) is 0 Å². The Hall–Kier alpha value is -0.290. The third-order valence-corrected chi connectivity index (χ3v) is 4.76. The third kappa shape index (κ3) is 4.35. The molecule has 0 aromatic carbocycles. The van der Waals surface area contributed by atoms with Crippen molar-refractivity contribution in [3.05, 3.63) is 0 Å². The highest BCUT2D eigenvalue weighted by Gasteiger charge is 2.45. The molecule has 1 saturated heterocycles. The molecule has 2 atom stereocenters. The van der Waals surface area contributed by atoms with E-state index in [-0.39, 0.29) is 12.1 Å². The monoisotopic (exact) mass is 292 g/mol. The molecule has 1 saturated carbocycles. The molecule has 20 heavy (non-hydrogen) atoms. The number of halogens is 3. The number of rotatable bonds is 4. The summed E-state index contributed by atoms with van der Waals surface area (Å²) in [5, 5.41) is 3.33. The molecule has 0 aromatic heterocycles. The molecule has 1 aliphatic carbocycles. The van der Waals surface area contributed by atoms with Gasteiger partial charge in [0.1, 0.15) is 0 Å². The van der Waals surface area contributed by atoms with E-state index < -0.39 is 12.1 Å². The van der Waals surface area contributed by atoms with Crippen LogP contribution in [0, 0.1) is 5.92 Å². The van der Waals surface area contributed by atoms with E-state index in [1.165, 1.54) is 0 Å². The zero-order chi connectivity index (χ0) is 14.6. The molecule has 1 N–H and O–H groups in total. The third-order valence-electron chi connectivity index (χ3n) is 4.76. The van der Waals surface area contributed by atoms with Crippen molar-refractivity contribution in [3.8, 4) is 0 Å². The van der Waals surface area contributed by atoms with Crippen LogP contribution in [0.1, 0.15) is 51.9 Å². The number of hydrogen-bond donors (Lipinski definition) is 1.